The first-order valence-electron chi connectivity index (χ1n) is 6.81. The number of halogens is 1. The summed E-state index contributed by atoms with van der Waals surface area (Å²) in [5.41, 5.74) is 2.26. The molecule has 0 amide bonds. The van der Waals surface area contributed by atoms with Gasteiger partial charge in [-0.05, 0) is 24.6 Å². The van der Waals surface area contributed by atoms with E-state index in [2.05, 4.69) is 10.4 Å². The second kappa shape index (κ2) is 7.65. The molecule has 0 spiro atoms. The van der Waals surface area contributed by atoms with Crippen molar-refractivity contribution in [2.45, 2.75) is 26.6 Å². The SMILES string of the molecule is CCOc1ccc(CNCc2cnn(CCF)c2)cc1. The van der Waals surface area contributed by atoms with Crippen LogP contribution in [-0.4, -0.2) is 23.1 Å². The molecule has 1 aromatic heterocycles. The number of aromatic nitrogens is 2. The molecule has 1 N–H and O–H groups in total. The van der Waals surface area contributed by atoms with Gasteiger partial charge in [0.05, 0.1) is 19.3 Å². The summed E-state index contributed by atoms with van der Waals surface area (Å²) in [6.07, 6.45) is 3.63. The first-order chi connectivity index (χ1) is 9.81. The van der Waals surface area contributed by atoms with Gasteiger partial charge in [0.1, 0.15) is 12.4 Å². The minimum Gasteiger partial charge on any atom is -0.494 e. The highest BCUT2D eigenvalue weighted by Gasteiger charge is 1.99. The van der Waals surface area contributed by atoms with Crippen LogP contribution in [0.2, 0.25) is 0 Å². The summed E-state index contributed by atoms with van der Waals surface area (Å²) < 4.78 is 19.2. The molecule has 1 heterocycles. The summed E-state index contributed by atoms with van der Waals surface area (Å²) in [5.74, 6) is 0.892. The monoisotopic (exact) mass is 277 g/mol. The van der Waals surface area contributed by atoms with Gasteiger partial charge in [0.2, 0.25) is 0 Å². The summed E-state index contributed by atoms with van der Waals surface area (Å²) in [6.45, 7) is 4.08. The molecular formula is C15H20FN3O. The fourth-order valence-electron chi connectivity index (χ4n) is 1.93. The van der Waals surface area contributed by atoms with Gasteiger partial charge in [0.25, 0.3) is 0 Å². The average molecular weight is 277 g/mol. The Labute approximate surface area is 118 Å². The maximum Gasteiger partial charge on any atom is 0.119 e. The molecule has 0 fully saturated rings. The topological polar surface area (TPSA) is 39.1 Å². The molecule has 0 aliphatic carbocycles. The Morgan fingerprint density at radius 1 is 1.20 bits per heavy atom. The lowest BCUT2D eigenvalue weighted by Crippen LogP contribution is -2.12. The molecule has 4 nitrogen and oxygen atoms in total. The van der Waals surface area contributed by atoms with Crippen LogP contribution < -0.4 is 10.1 Å². The molecule has 0 aliphatic heterocycles. The predicted octanol–water partition coefficient (Wildman–Crippen LogP) is 2.54. The van der Waals surface area contributed by atoms with E-state index in [9.17, 15) is 4.39 Å². The summed E-state index contributed by atoms with van der Waals surface area (Å²) in [7, 11) is 0. The molecule has 5 heteroatoms. The number of nitrogens with one attached hydrogen (secondary N) is 1. The molecule has 0 radical (unpaired) electrons. The van der Waals surface area contributed by atoms with E-state index < -0.39 is 0 Å². The Bertz CT molecular complexity index is 510. The minimum atomic E-state index is -0.388. The van der Waals surface area contributed by atoms with Crippen molar-refractivity contribution in [2.75, 3.05) is 13.3 Å². The highest BCUT2D eigenvalue weighted by atomic mass is 19.1. The Balaban J connectivity index is 1.76. The number of alkyl halides is 1. The zero-order chi connectivity index (χ0) is 14.2. The van der Waals surface area contributed by atoms with Gasteiger partial charge in [-0.15, -0.1) is 0 Å². The molecule has 0 bridgehead atoms. The van der Waals surface area contributed by atoms with Crippen LogP contribution in [0.1, 0.15) is 18.1 Å². The molecule has 0 saturated heterocycles. The Morgan fingerprint density at radius 3 is 2.65 bits per heavy atom. The van der Waals surface area contributed by atoms with Crippen molar-refractivity contribution in [3.63, 3.8) is 0 Å². The van der Waals surface area contributed by atoms with E-state index in [0.29, 0.717) is 13.2 Å². The van der Waals surface area contributed by atoms with E-state index in [1.54, 1.807) is 10.9 Å². The van der Waals surface area contributed by atoms with Crippen LogP contribution in [0.15, 0.2) is 36.7 Å². The lowest BCUT2D eigenvalue weighted by atomic mass is 10.2. The number of ether oxygens (including phenoxy) is 1. The highest BCUT2D eigenvalue weighted by Crippen LogP contribution is 2.12. The first-order valence-corrected chi connectivity index (χ1v) is 6.81. The van der Waals surface area contributed by atoms with Crippen molar-refractivity contribution < 1.29 is 9.13 Å². The normalized spacial score (nSPS) is 10.7. The largest absolute Gasteiger partial charge is 0.494 e. The molecule has 0 saturated carbocycles. The van der Waals surface area contributed by atoms with E-state index in [0.717, 1.165) is 24.4 Å². The Morgan fingerprint density at radius 2 is 1.95 bits per heavy atom. The molecule has 2 aromatic rings. The molecule has 2 rings (SSSR count). The van der Waals surface area contributed by atoms with E-state index in [4.69, 9.17) is 4.74 Å². The van der Waals surface area contributed by atoms with Crippen molar-refractivity contribution in [3.8, 4) is 5.75 Å². The van der Waals surface area contributed by atoms with Crippen LogP contribution in [0, 0.1) is 0 Å². The summed E-state index contributed by atoms with van der Waals surface area (Å²) in [5, 5.41) is 7.42. The third-order valence-corrected chi connectivity index (χ3v) is 2.89. The molecule has 0 unspecified atom stereocenters. The smallest absolute Gasteiger partial charge is 0.119 e. The second-order valence-corrected chi connectivity index (χ2v) is 4.48. The average Bonchev–Trinajstić information content (AvgIpc) is 2.89. The van der Waals surface area contributed by atoms with Crippen LogP contribution >= 0.6 is 0 Å². The maximum atomic E-state index is 12.2. The Kier molecular flexibility index (Phi) is 5.55. The van der Waals surface area contributed by atoms with Crippen molar-refractivity contribution >= 4 is 0 Å². The summed E-state index contributed by atoms with van der Waals surface area (Å²) in [4.78, 5) is 0. The van der Waals surface area contributed by atoms with E-state index in [1.165, 1.54) is 5.56 Å². The number of hydrogen-bond acceptors (Lipinski definition) is 3. The number of benzene rings is 1. The fraction of sp³-hybridized carbons (Fsp3) is 0.400. The fourth-order valence-corrected chi connectivity index (χ4v) is 1.93. The van der Waals surface area contributed by atoms with E-state index >= 15 is 0 Å². The van der Waals surface area contributed by atoms with Crippen molar-refractivity contribution in [1.82, 2.24) is 15.1 Å². The third-order valence-electron chi connectivity index (χ3n) is 2.89. The van der Waals surface area contributed by atoms with Crippen LogP contribution in [0.4, 0.5) is 4.39 Å². The van der Waals surface area contributed by atoms with E-state index in [1.807, 2.05) is 37.4 Å². The summed E-state index contributed by atoms with van der Waals surface area (Å²) in [6, 6.07) is 8.04. The van der Waals surface area contributed by atoms with Gasteiger partial charge in [-0.25, -0.2) is 4.39 Å². The van der Waals surface area contributed by atoms with Gasteiger partial charge < -0.3 is 10.1 Å². The van der Waals surface area contributed by atoms with Crippen LogP contribution in [0.3, 0.4) is 0 Å². The molecule has 0 atom stereocenters. The molecule has 108 valence electrons. The van der Waals surface area contributed by atoms with Crippen molar-refractivity contribution in [1.29, 1.82) is 0 Å². The molecule has 0 aliphatic rings. The van der Waals surface area contributed by atoms with Crippen LogP contribution in [0.25, 0.3) is 0 Å². The van der Waals surface area contributed by atoms with Gasteiger partial charge >= 0.3 is 0 Å². The predicted molar refractivity (Wildman–Crippen MR) is 76.4 cm³/mol. The quantitative estimate of drug-likeness (QED) is 0.806. The molecule has 20 heavy (non-hydrogen) atoms. The number of rotatable bonds is 8. The standard InChI is InChI=1S/C15H20FN3O/c1-2-20-15-5-3-13(4-6-15)9-17-10-14-11-18-19(12-14)8-7-16/h3-6,11-12,17H,2,7-10H2,1H3. The van der Waals surface area contributed by atoms with Crippen molar-refractivity contribution in [3.05, 3.63) is 47.8 Å². The third kappa shape index (κ3) is 4.35. The molecule has 1 aromatic carbocycles. The lowest BCUT2D eigenvalue weighted by Gasteiger charge is -2.06. The lowest BCUT2D eigenvalue weighted by molar-refractivity contribution is 0.340. The highest BCUT2D eigenvalue weighted by molar-refractivity contribution is 5.27. The maximum absolute atomic E-state index is 12.2. The van der Waals surface area contributed by atoms with Gasteiger partial charge in [-0.2, -0.15) is 5.10 Å². The second-order valence-electron chi connectivity index (χ2n) is 4.48. The number of aryl methyl sites for hydroxylation is 1. The number of hydrogen-bond donors (Lipinski definition) is 1. The van der Waals surface area contributed by atoms with E-state index in [-0.39, 0.29) is 6.67 Å². The van der Waals surface area contributed by atoms with Gasteiger partial charge in [-0.1, -0.05) is 12.1 Å². The van der Waals surface area contributed by atoms with Gasteiger partial charge in [0, 0.05) is 24.8 Å². The van der Waals surface area contributed by atoms with Gasteiger partial charge in [-0.3, -0.25) is 4.68 Å². The zero-order valence-corrected chi connectivity index (χ0v) is 11.7. The number of nitrogens with zero attached hydrogens (tertiary/aromatic N) is 2. The van der Waals surface area contributed by atoms with Gasteiger partial charge in [0.15, 0.2) is 0 Å². The van der Waals surface area contributed by atoms with Crippen LogP contribution in [-0.2, 0) is 19.6 Å². The first kappa shape index (κ1) is 14.5. The van der Waals surface area contributed by atoms with Crippen LogP contribution in [0.5, 0.6) is 5.75 Å². The Hall–Kier alpha value is -1.88. The molecular weight excluding hydrogens is 257 g/mol. The zero-order valence-electron chi connectivity index (χ0n) is 11.7. The minimum absolute atomic E-state index is 0.318. The van der Waals surface area contributed by atoms with Crippen molar-refractivity contribution in [2.24, 2.45) is 0 Å². The summed E-state index contributed by atoms with van der Waals surface area (Å²) >= 11 is 0.